The summed E-state index contributed by atoms with van der Waals surface area (Å²) in [6, 6.07) is 18.4. The number of ether oxygens (including phenoxy) is 2. The predicted octanol–water partition coefficient (Wildman–Crippen LogP) is 3.22. The second kappa shape index (κ2) is 5.56. The van der Waals surface area contributed by atoms with Crippen molar-refractivity contribution in [2.45, 2.75) is 36.6 Å². The first-order valence-corrected chi connectivity index (χ1v) is 9.15. The van der Waals surface area contributed by atoms with Gasteiger partial charge >= 0.3 is 0 Å². The molecule has 0 radical (unpaired) electrons. The topological polar surface area (TPSA) is 41.9 Å². The van der Waals surface area contributed by atoms with Gasteiger partial charge in [0.1, 0.15) is 17.9 Å². The van der Waals surface area contributed by atoms with Crippen LogP contribution in [-0.2, 0) is 10.5 Å². The van der Waals surface area contributed by atoms with Gasteiger partial charge in [0.05, 0.1) is 18.2 Å². The first kappa shape index (κ1) is 15.4. The van der Waals surface area contributed by atoms with Gasteiger partial charge in [-0.25, -0.2) is 0 Å². The van der Waals surface area contributed by atoms with E-state index in [0.717, 1.165) is 37.1 Å². The number of para-hydroxylation sites is 1. The van der Waals surface area contributed by atoms with Crippen LogP contribution < -0.4 is 4.74 Å². The van der Waals surface area contributed by atoms with Crippen molar-refractivity contribution in [1.82, 2.24) is 4.90 Å². The van der Waals surface area contributed by atoms with Crippen LogP contribution in [0.25, 0.3) is 0 Å². The Morgan fingerprint density at radius 3 is 2.68 bits per heavy atom. The molecule has 130 valence electrons. The van der Waals surface area contributed by atoms with Crippen molar-refractivity contribution in [3.8, 4) is 5.75 Å². The summed E-state index contributed by atoms with van der Waals surface area (Å²) >= 11 is 0. The molecular weight excluding hydrogens is 314 g/mol. The van der Waals surface area contributed by atoms with Crippen LogP contribution in [0.4, 0.5) is 0 Å². The highest BCUT2D eigenvalue weighted by Crippen LogP contribution is 2.55. The number of hydrogen-bond acceptors (Lipinski definition) is 4. The zero-order valence-electron chi connectivity index (χ0n) is 14.2. The van der Waals surface area contributed by atoms with Crippen LogP contribution in [0.1, 0.15) is 36.4 Å². The van der Waals surface area contributed by atoms with E-state index >= 15 is 0 Å². The monoisotopic (exact) mass is 337 g/mol. The Balaban J connectivity index is 1.63. The lowest BCUT2D eigenvalue weighted by Gasteiger charge is -2.62. The molecule has 3 heterocycles. The van der Waals surface area contributed by atoms with E-state index in [1.165, 1.54) is 5.56 Å². The molecule has 4 nitrogen and oxygen atoms in total. The fourth-order valence-corrected chi connectivity index (χ4v) is 4.90. The molecule has 3 aliphatic heterocycles. The van der Waals surface area contributed by atoms with Crippen molar-refractivity contribution in [3.05, 3.63) is 65.7 Å². The van der Waals surface area contributed by atoms with Crippen molar-refractivity contribution in [2.24, 2.45) is 0 Å². The summed E-state index contributed by atoms with van der Waals surface area (Å²) in [5, 5.41) is 11.7. The summed E-state index contributed by atoms with van der Waals surface area (Å²) in [7, 11) is 0. The molecule has 1 N–H and O–H groups in total. The van der Waals surface area contributed by atoms with Crippen molar-refractivity contribution < 1.29 is 14.6 Å². The Morgan fingerprint density at radius 2 is 1.80 bits per heavy atom. The largest absolute Gasteiger partial charge is 0.491 e. The SMILES string of the molecule is O[C@@]12OC[C@@H](c3ccccc3)N3CCCC[C@]31COc1ccccc12. The number of fused-ring (bicyclic) bond motifs is 2. The Bertz CT molecular complexity index is 780. The molecular formula is C21H23NO3. The summed E-state index contributed by atoms with van der Waals surface area (Å²) in [5.74, 6) is -0.576. The van der Waals surface area contributed by atoms with E-state index in [-0.39, 0.29) is 6.04 Å². The molecule has 0 bridgehead atoms. The molecule has 0 unspecified atom stereocenters. The summed E-state index contributed by atoms with van der Waals surface area (Å²) in [5.41, 5.74) is 1.47. The Kier molecular flexibility index (Phi) is 3.42. The summed E-state index contributed by atoms with van der Waals surface area (Å²) in [6.45, 7) is 1.90. The molecule has 3 aliphatic rings. The molecule has 2 aromatic rings. The van der Waals surface area contributed by atoms with Crippen molar-refractivity contribution in [3.63, 3.8) is 0 Å². The standard InChI is InChI=1S/C21H23NO3/c23-21-17-10-4-5-11-19(17)24-15-20(21)12-6-7-13-22(20)18(14-25-21)16-8-2-1-3-9-16/h1-5,8-11,18,23H,6-7,12-15H2/t18-,20+,21-/m0/s1. The molecule has 3 atom stereocenters. The lowest BCUT2D eigenvalue weighted by molar-refractivity contribution is -0.350. The fraction of sp³-hybridized carbons (Fsp3) is 0.429. The Morgan fingerprint density at radius 1 is 1.00 bits per heavy atom. The number of benzene rings is 2. The van der Waals surface area contributed by atoms with E-state index in [2.05, 4.69) is 29.2 Å². The van der Waals surface area contributed by atoms with E-state index in [1.54, 1.807) is 0 Å². The van der Waals surface area contributed by atoms with Crippen molar-refractivity contribution in [2.75, 3.05) is 19.8 Å². The third-order valence-corrected chi connectivity index (χ3v) is 6.15. The normalized spacial score (nSPS) is 34.4. The minimum absolute atomic E-state index is 0.149. The molecule has 5 rings (SSSR count). The first-order valence-electron chi connectivity index (χ1n) is 9.15. The molecule has 0 saturated carbocycles. The average Bonchev–Trinajstić information content (AvgIpc) is 2.68. The maximum Gasteiger partial charge on any atom is 0.218 e. The van der Waals surface area contributed by atoms with E-state index in [4.69, 9.17) is 9.47 Å². The lowest BCUT2D eigenvalue weighted by Crippen LogP contribution is -2.73. The van der Waals surface area contributed by atoms with Crippen LogP contribution in [0, 0.1) is 0 Å². The highest BCUT2D eigenvalue weighted by molar-refractivity contribution is 5.43. The summed E-state index contributed by atoms with van der Waals surface area (Å²) in [4.78, 5) is 2.45. The van der Waals surface area contributed by atoms with Crippen LogP contribution in [-0.4, -0.2) is 35.3 Å². The molecule has 4 heteroatoms. The molecule has 2 fully saturated rings. The predicted molar refractivity (Wildman–Crippen MR) is 94.3 cm³/mol. The van der Waals surface area contributed by atoms with Crippen LogP contribution in [0.2, 0.25) is 0 Å². The van der Waals surface area contributed by atoms with Gasteiger partial charge in [-0.3, -0.25) is 4.90 Å². The van der Waals surface area contributed by atoms with Crippen LogP contribution >= 0.6 is 0 Å². The van der Waals surface area contributed by atoms with Crippen LogP contribution in [0.3, 0.4) is 0 Å². The smallest absolute Gasteiger partial charge is 0.218 e. The quantitative estimate of drug-likeness (QED) is 0.868. The van der Waals surface area contributed by atoms with Crippen LogP contribution in [0.5, 0.6) is 5.75 Å². The number of morpholine rings is 1. The van der Waals surface area contributed by atoms with Crippen molar-refractivity contribution in [1.29, 1.82) is 0 Å². The first-order chi connectivity index (χ1) is 12.2. The summed E-state index contributed by atoms with van der Waals surface area (Å²) < 4.78 is 12.4. The van der Waals surface area contributed by atoms with Gasteiger partial charge in [0.25, 0.3) is 0 Å². The second-order valence-corrected chi connectivity index (χ2v) is 7.35. The van der Waals surface area contributed by atoms with Crippen LogP contribution in [0.15, 0.2) is 54.6 Å². The molecule has 0 aromatic heterocycles. The minimum atomic E-state index is -1.31. The average molecular weight is 337 g/mol. The molecule has 25 heavy (non-hydrogen) atoms. The van der Waals surface area contributed by atoms with Gasteiger partial charge in [0, 0.05) is 0 Å². The Labute approximate surface area is 148 Å². The molecule has 0 aliphatic carbocycles. The number of piperidine rings is 1. The maximum atomic E-state index is 11.7. The molecule has 2 saturated heterocycles. The zero-order chi connectivity index (χ0) is 16.9. The van der Waals surface area contributed by atoms with Gasteiger partial charge in [0.15, 0.2) is 0 Å². The van der Waals surface area contributed by atoms with E-state index in [9.17, 15) is 5.11 Å². The van der Waals surface area contributed by atoms with Gasteiger partial charge in [-0.2, -0.15) is 0 Å². The summed E-state index contributed by atoms with van der Waals surface area (Å²) in [6.07, 6.45) is 3.10. The highest BCUT2D eigenvalue weighted by Gasteiger charge is 2.64. The fourth-order valence-electron chi connectivity index (χ4n) is 4.90. The second-order valence-electron chi connectivity index (χ2n) is 7.35. The van der Waals surface area contributed by atoms with E-state index in [0.29, 0.717) is 13.2 Å². The Hall–Kier alpha value is -1.88. The van der Waals surface area contributed by atoms with E-state index in [1.807, 2.05) is 30.3 Å². The number of rotatable bonds is 1. The molecule has 2 aromatic carbocycles. The van der Waals surface area contributed by atoms with Crippen molar-refractivity contribution >= 4 is 0 Å². The maximum absolute atomic E-state index is 11.7. The molecule has 1 spiro atoms. The minimum Gasteiger partial charge on any atom is -0.491 e. The third kappa shape index (κ3) is 2.05. The number of nitrogens with zero attached hydrogens (tertiary/aromatic N) is 1. The highest BCUT2D eigenvalue weighted by atomic mass is 16.6. The van der Waals surface area contributed by atoms with Gasteiger partial charge in [-0.15, -0.1) is 0 Å². The number of aliphatic hydroxyl groups is 1. The van der Waals surface area contributed by atoms with Gasteiger partial charge in [-0.1, -0.05) is 42.5 Å². The van der Waals surface area contributed by atoms with E-state index < -0.39 is 11.3 Å². The lowest BCUT2D eigenvalue weighted by atomic mass is 9.72. The van der Waals surface area contributed by atoms with Gasteiger partial charge in [0.2, 0.25) is 5.79 Å². The van der Waals surface area contributed by atoms with Gasteiger partial charge in [-0.05, 0) is 43.5 Å². The number of hydrogen-bond donors (Lipinski definition) is 1. The third-order valence-electron chi connectivity index (χ3n) is 6.15. The molecule has 0 amide bonds. The van der Waals surface area contributed by atoms with Gasteiger partial charge < -0.3 is 14.6 Å². The zero-order valence-corrected chi connectivity index (χ0v) is 14.2.